The molecule has 1 unspecified atom stereocenters. The lowest BCUT2D eigenvalue weighted by Gasteiger charge is -2.19. The lowest BCUT2D eigenvalue weighted by Crippen LogP contribution is -2.22. The quantitative estimate of drug-likeness (QED) is 0.606. The first-order chi connectivity index (χ1) is 10.6. The highest BCUT2D eigenvalue weighted by atomic mass is 32.2. The number of hydrogen-bond acceptors (Lipinski definition) is 3. The number of hydrogen-bond donors (Lipinski definition) is 0. The first-order valence-electron chi connectivity index (χ1n) is 8.11. The summed E-state index contributed by atoms with van der Waals surface area (Å²) in [6.45, 7) is 2.61. The fourth-order valence-electron chi connectivity index (χ4n) is 2.87. The minimum Gasteiger partial charge on any atom is -0.501 e. The third-order valence-electron chi connectivity index (χ3n) is 4.19. The van der Waals surface area contributed by atoms with Crippen LogP contribution in [0.3, 0.4) is 0 Å². The minimum atomic E-state index is -2.86. The van der Waals surface area contributed by atoms with Gasteiger partial charge in [-0.25, -0.2) is 8.42 Å². The summed E-state index contributed by atoms with van der Waals surface area (Å²) in [5, 5.41) is 0. The number of ether oxygens (including phenoxy) is 1. The molecule has 3 nitrogen and oxygen atoms in total. The molecule has 1 atom stereocenters. The van der Waals surface area contributed by atoms with Gasteiger partial charge in [-0.1, -0.05) is 43.2 Å². The molecule has 1 heterocycles. The van der Waals surface area contributed by atoms with E-state index in [0.717, 1.165) is 43.2 Å². The van der Waals surface area contributed by atoms with Crippen LogP contribution in [0.25, 0.3) is 5.57 Å². The smallest absolute Gasteiger partial charge is 0.150 e. The molecule has 0 spiro atoms. The van der Waals surface area contributed by atoms with Gasteiger partial charge in [-0.3, -0.25) is 0 Å². The zero-order chi connectivity index (χ0) is 15.8. The van der Waals surface area contributed by atoms with Gasteiger partial charge in [-0.15, -0.1) is 0 Å². The van der Waals surface area contributed by atoms with E-state index < -0.39 is 9.84 Å². The molecule has 1 saturated heterocycles. The molecule has 122 valence electrons. The van der Waals surface area contributed by atoms with E-state index in [0.29, 0.717) is 18.1 Å². The Balaban J connectivity index is 1.80. The van der Waals surface area contributed by atoms with Crippen molar-refractivity contribution in [3.8, 4) is 0 Å². The van der Waals surface area contributed by atoms with Gasteiger partial charge < -0.3 is 4.74 Å². The van der Waals surface area contributed by atoms with Gasteiger partial charge in [0.05, 0.1) is 24.4 Å². The van der Waals surface area contributed by atoms with Crippen molar-refractivity contribution < 1.29 is 13.2 Å². The molecule has 0 bridgehead atoms. The topological polar surface area (TPSA) is 43.4 Å². The Morgan fingerprint density at radius 3 is 2.77 bits per heavy atom. The van der Waals surface area contributed by atoms with E-state index in [1.807, 2.05) is 25.1 Å². The number of benzene rings is 1. The average molecular weight is 322 g/mol. The SMILES string of the molecule is C/C(=C/OCCC1CCCCCS(=O)(=O)C1)c1ccccc1. The molecule has 0 radical (unpaired) electrons. The van der Waals surface area contributed by atoms with Gasteiger partial charge >= 0.3 is 0 Å². The summed E-state index contributed by atoms with van der Waals surface area (Å²) in [4.78, 5) is 0. The maximum absolute atomic E-state index is 11.9. The van der Waals surface area contributed by atoms with Crippen LogP contribution in [0.1, 0.15) is 44.6 Å². The van der Waals surface area contributed by atoms with E-state index in [2.05, 4.69) is 12.1 Å². The monoisotopic (exact) mass is 322 g/mol. The zero-order valence-electron chi connectivity index (χ0n) is 13.3. The van der Waals surface area contributed by atoms with E-state index in [-0.39, 0.29) is 5.92 Å². The lowest BCUT2D eigenvalue weighted by molar-refractivity contribution is 0.222. The summed E-state index contributed by atoms with van der Waals surface area (Å²) >= 11 is 0. The molecule has 0 amide bonds. The van der Waals surface area contributed by atoms with E-state index in [9.17, 15) is 8.42 Å². The lowest BCUT2D eigenvalue weighted by atomic mass is 10.00. The predicted molar refractivity (Wildman–Crippen MR) is 91.3 cm³/mol. The molecule has 1 aliphatic rings. The standard InChI is InChI=1S/C18H26O3S/c1-16(18-9-5-2-6-10-18)14-21-12-11-17-8-4-3-7-13-22(19,20)15-17/h2,5-6,9-10,14,17H,3-4,7-8,11-13,15H2,1H3/b16-14-. The Kier molecular flexibility index (Phi) is 6.49. The van der Waals surface area contributed by atoms with E-state index in [4.69, 9.17) is 4.74 Å². The third kappa shape index (κ3) is 5.84. The average Bonchev–Trinajstić information content (AvgIpc) is 2.49. The third-order valence-corrected chi connectivity index (χ3v) is 6.08. The van der Waals surface area contributed by atoms with Gasteiger partial charge in [0.15, 0.2) is 9.84 Å². The minimum absolute atomic E-state index is 0.246. The summed E-state index contributed by atoms with van der Waals surface area (Å²) in [5.74, 6) is 0.936. The molecular weight excluding hydrogens is 296 g/mol. The summed E-state index contributed by atoms with van der Waals surface area (Å²) in [6.07, 6.45) is 6.60. The Labute approximate surface area is 134 Å². The molecular formula is C18H26O3S. The highest BCUT2D eigenvalue weighted by molar-refractivity contribution is 7.91. The number of sulfone groups is 1. The van der Waals surface area contributed by atoms with Crippen LogP contribution in [0.15, 0.2) is 36.6 Å². The largest absolute Gasteiger partial charge is 0.501 e. The van der Waals surface area contributed by atoms with Crippen LogP contribution >= 0.6 is 0 Å². The Morgan fingerprint density at radius 1 is 1.23 bits per heavy atom. The summed E-state index contributed by atoms with van der Waals surface area (Å²) in [5.41, 5.74) is 2.24. The van der Waals surface area contributed by atoms with Gasteiger partial charge in [0.1, 0.15) is 0 Å². The van der Waals surface area contributed by atoms with E-state index in [1.165, 1.54) is 0 Å². The van der Waals surface area contributed by atoms with Crippen molar-refractivity contribution in [2.24, 2.45) is 5.92 Å². The molecule has 1 fully saturated rings. The van der Waals surface area contributed by atoms with E-state index >= 15 is 0 Å². The molecule has 0 aromatic heterocycles. The molecule has 0 saturated carbocycles. The zero-order valence-corrected chi connectivity index (χ0v) is 14.1. The van der Waals surface area contributed by atoms with Crippen molar-refractivity contribution in [2.45, 2.75) is 39.0 Å². The molecule has 1 aromatic carbocycles. The second kappa shape index (κ2) is 8.37. The molecule has 22 heavy (non-hydrogen) atoms. The molecule has 2 rings (SSSR count). The fraction of sp³-hybridized carbons (Fsp3) is 0.556. The Bertz CT molecular complexity index is 576. The van der Waals surface area contributed by atoms with Crippen molar-refractivity contribution in [1.29, 1.82) is 0 Å². The van der Waals surface area contributed by atoms with Crippen LogP contribution in [0, 0.1) is 5.92 Å². The van der Waals surface area contributed by atoms with Crippen LogP contribution in [-0.4, -0.2) is 26.5 Å². The van der Waals surface area contributed by atoms with Gasteiger partial charge in [-0.05, 0) is 43.2 Å². The van der Waals surface area contributed by atoms with Gasteiger partial charge in [0.2, 0.25) is 0 Å². The van der Waals surface area contributed by atoms with Gasteiger partial charge in [0, 0.05) is 0 Å². The first-order valence-corrected chi connectivity index (χ1v) is 9.93. The van der Waals surface area contributed by atoms with Crippen molar-refractivity contribution in [3.05, 3.63) is 42.2 Å². The number of rotatable bonds is 5. The van der Waals surface area contributed by atoms with Crippen molar-refractivity contribution in [1.82, 2.24) is 0 Å². The highest BCUT2D eigenvalue weighted by Gasteiger charge is 2.21. The van der Waals surface area contributed by atoms with Crippen LogP contribution in [0.4, 0.5) is 0 Å². The molecule has 0 N–H and O–H groups in total. The predicted octanol–water partition coefficient (Wildman–Crippen LogP) is 4.06. The van der Waals surface area contributed by atoms with Crippen molar-refractivity contribution >= 4 is 15.4 Å². The van der Waals surface area contributed by atoms with Crippen molar-refractivity contribution in [2.75, 3.05) is 18.1 Å². The van der Waals surface area contributed by atoms with Gasteiger partial charge in [-0.2, -0.15) is 0 Å². The second-order valence-corrected chi connectivity index (χ2v) is 8.38. The normalized spacial score (nSPS) is 22.6. The Morgan fingerprint density at radius 2 is 2.00 bits per heavy atom. The van der Waals surface area contributed by atoms with Crippen LogP contribution < -0.4 is 0 Å². The van der Waals surface area contributed by atoms with Crippen LogP contribution in [-0.2, 0) is 14.6 Å². The van der Waals surface area contributed by atoms with Crippen LogP contribution in [0.2, 0.25) is 0 Å². The molecule has 0 aliphatic carbocycles. The Hall–Kier alpha value is -1.29. The maximum Gasteiger partial charge on any atom is 0.150 e. The first kappa shape index (κ1) is 17.1. The van der Waals surface area contributed by atoms with Crippen molar-refractivity contribution in [3.63, 3.8) is 0 Å². The summed E-state index contributed by atoms with van der Waals surface area (Å²) in [7, 11) is -2.86. The summed E-state index contributed by atoms with van der Waals surface area (Å²) < 4.78 is 29.4. The van der Waals surface area contributed by atoms with E-state index in [1.54, 1.807) is 6.26 Å². The number of allylic oxidation sites excluding steroid dienone is 1. The molecule has 1 aromatic rings. The molecule has 1 aliphatic heterocycles. The maximum atomic E-state index is 11.9. The summed E-state index contributed by atoms with van der Waals surface area (Å²) in [6, 6.07) is 10.1. The molecule has 4 heteroatoms. The fourth-order valence-corrected chi connectivity index (χ4v) is 4.74. The highest BCUT2D eigenvalue weighted by Crippen LogP contribution is 2.21. The van der Waals surface area contributed by atoms with Crippen LogP contribution in [0.5, 0.6) is 0 Å². The second-order valence-electron chi connectivity index (χ2n) is 6.16. The van der Waals surface area contributed by atoms with Gasteiger partial charge in [0.25, 0.3) is 0 Å².